The highest BCUT2D eigenvalue weighted by Gasteiger charge is 2.36. The van der Waals surface area contributed by atoms with E-state index in [0.717, 1.165) is 22.2 Å². The fourth-order valence-electron chi connectivity index (χ4n) is 4.23. The minimum Gasteiger partial charge on any atom is -0.391 e. The van der Waals surface area contributed by atoms with Crippen molar-refractivity contribution in [3.8, 4) is 0 Å². The number of carbonyl (C=O) groups excluding carboxylic acids is 1. The number of nitrogens with zero attached hydrogens (tertiary/aromatic N) is 2. The molecule has 4 rings (SSSR count). The summed E-state index contributed by atoms with van der Waals surface area (Å²) < 4.78 is 0. The number of rotatable bonds is 5. The van der Waals surface area contributed by atoms with E-state index in [1.54, 1.807) is 0 Å². The molecule has 1 aromatic heterocycles. The summed E-state index contributed by atoms with van der Waals surface area (Å²) in [6.45, 7) is 5.19. The van der Waals surface area contributed by atoms with Crippen LogP contribution in [-0.2, 0) is 16.6 Å². The standard InChI is InChI=1S/C25H28N2O2/c1-25(2,20-9-4-3-5-10-20)15-24(29)27-16-19(23(28)17-27)14-21-13-12-18-8-6-7-11-22(18)26-21/h3-13,19,23,28H,14-17H2,1-2H3/t19-,23-/m1/s1. The van der Waals surface area contributed by atoms with Gasteiger partial charge in [0.1, 0.15) is 0 Å². The second-order valence-electron chi connectivity index (χ2n) is 8.75. The normalized spacial score (nSPS) is 19.6. The number of likely N-dealkylation sites (tertiary alicyclic amines) is 1. The molecule has 0 bridgehead atoms. The van der Waals surface area contributed by atoms with Gasteiger partial charge in [-0.05, 0) is 29.5 Å². The molecule has 1 aliphatic heterocycles. The topological polar surface area (TPSA) is 53.4 Å². The lowest BCUT2D eigenvalue weighted by Gasteiger charge is -2.27. The van der Waals surface area contributed by atoms with Gasteiger partial charge in [-0.15, -0.1) is 0 Å². The molecule has 4 nitrogen and oxygen atoms in total. The second-order valence-corrected chi connectivity index (χ2v) is 8.75. The van der Waals surface area contributed by atoms with E-state index < -0.39 is 6.10 Å². The van der Waals surface area contributed by atoms with Gasteiger partial charge in [0, 0.05) is 36.5 Å². The minimum absolute atomic E-state index is 0.0208. The van der Waals surface area contributed by atoms with Crippen LogP contribution in [0.1, 0.15) is 31.5 Å². The van der Waals surface area contributed by atoms with E-state index in [4.69, 9.17) is 4.98 Å². The summed E-state index contributed by atoms with van der Waals surface area (Å²) in [5, 5.41) is 11.7. The Bertz CT molecular complexity index is 1000. The van der Waals surface area contributed by atoms with Crippen LogP contribution >= 0.6 is 0 Å². The maximum absolute atomic E-state index is 13.0. The number of carbonyl (C=O) groups is 1. The van der Waals surface area contributed by atoms with Gasteiger partial charge in [0.25, 0.3) is 0 Å². The summed E-state index contributed by atoms with van der Waals surface area (Å²) in [5.41, 5.74) is 2.85. The van der Waals surface area contributed by atoms with E-state index in [2.05, 4.69) is 32.0 Å². The summed E-state index contributed by atoms with van der Waals surface area (Å²) in [7, 11) is 0. The number of hydrogen-bond acceptors (Lipinski definition) is 3. The zero-order chi connectivity index (χ0) is 20.4. The zero-order valence-corrected chi connectivity index (χ0v) is 17.1. The van der Waals surface area contributed by atoms with Crippen molar-refractivity contribution in [1.82, 2.24) is 9.88 Å². The fourth-order valence-corrected chi connectivity index (χ4v) is 4.23. The molecule has 0 aliphatic carbocycles. The van der Waals surface area contributed by atoms with Crippen molar-refractivity contribution in [2.75, 3.05) is 13.1 Å². The van der Waals surface area contributed by atoms with Crippen molar-refractivity contribution in [3.05, 3.63) is 78.0 Å². The fraction of sp³-hybridized carbons (Fsp3) is 0.360. The molecule has 29 heavy (non-hydrogen) atoms. The van der Waals surface area contributed by atoms with Crippen LogP contribution < -0.4 is 0 Å². The maximum Gasteiger partial charge on any atom is 0.223 e. The summed E-state index contributed by atoms with van der Waals surface area (Å²) >= 11 is 0. The van der Waals surface area contributed by atoms with Crippen LogP contribution in [0.25, 0.3) is 10.9 Å². The molecule has 0 saturated carbocycles. The van der Waals surface area contributed by atoms with Crippen molar-refractivity contribution >= 4 is 16.8 Å². The summed E-state index contributed by atoms with van der Waals surface area (Å²) in [5.74, 6) is 0.124. The minimum atomic E-state index is -0.507. The molecule has 1 amide bonds. The average molecular weight is 389 g/mol. The van der Waals surface area contributed by atoms with Crippen LogP contribution in [0, 0.1) is 5.92 Å². The first kappa shape index (κ1) is 19.6. The van der Waals surface area contributed by atoms with Gasteiger partial charge in [0.2, 0.25) is 5.91 Å². The number of para-hydroxylation sites is 1. The van der Waals surface area contributed by atoms with Crippen molar-refractivity contribution in [1.29, 1.82) is 0 Å². The Hall–Kier alpha value is -2.72. The molecule has 1 fully saturated rings. The smallest absolute Gasteiger partial charge is 0.223 e. The van der Waals surface area contributed by atoms with Gasteiger partial charge in [-0.1, -0.05) is 68.4 Å². The highest BCUT2D eigenvalue weighted by Crippen LogP contribution is 2.30. The van der Waals surface area contributed by atoms with Gasteiger partial charge in [0.15, 0.2) is 0 Å². The molecule has 2 aromatic carbocycles. The molecule has 0 unspecified atom stereocenters. The molecule has 150 valence electrons. The quantitative estimate of drug-likeness (QED) is 0.720. The first-order chi connectivity index (χ1) is 13.9. The van der Waals surface area contributed by atoms with E-state index in [1.165, 1.54) is 0 Å². The first-order valence-corrected chi connectivity index (χ1v) is 10.3. The van der Waals surface area contributed by atoms with Crippen LogP contribution in [0.5, 0.6) is 0 Å². The third-order valence-corrected chi connectivity index (χ3v) is 6.04. The molecule has 1 N–H and O–H groups in total. The summed E-state index contributed by atoms with van der Waals surface area (Å²) in [4.78, 5) is 19.5. The van der Waals surface area contributed by atoms with Crippen molar-refractivity contribution in [2.24, 2.45) is 5.92 Å². The van der Waals surface area contributed by atoms with Gasteiger partial charge in [-0.3, -0.25) is 9.78 Å². The number of aliphatic hydroxyl groups is 1. The monoisotopic (exact) mass is 388 g/mol. The zero-order valence-electron chi connectivity index (χ0n) is 17.1. The Morgan fingerprint density at radius 1 is 1.03 bits per heavy atom. The predicted molar refractivity (Wildman–Crippen MR) is 116 cm³/mol. The maximum atomic E-state index is 13.0. The first-order valence-electron chi connectivity index (χ1n) is 10.3. The highest BCUT2D eigenvalue weighted by molar-refractivity contribution is 5.79. The molecule has 0 radical (unpaired) electrons. The van der Waals surface area contributed by atoms with Gasteiger partial charge >= 0.3 is 0 Å². The van der Waals surface area contributed by atoms with E-state index >= 15 is 0 Å². The largest absolute Gasteiger partial charge is 0.391 e. The molecule has 3 aromatic rings. The molecular formula is C25H28N2O2. The Morgan fingerprint density at radius 2 is 1.76 bits per heavy atom. The molecule has 1 aliphatic rings. The Labute approximate surface area is 172 Å². The van der Waals surface area contributed by atoms with Crippen LogP contribution in [0.4, 0.5) is 0 Å². The van der Waals surface area contributed by atoms with E-state index in [-0.39, 0.29) is 17.2 Å². The third-order valence-electron chi connectivity index (χ3n) is 6.04. The highest BCUT2D eigenvalue weighted by atomic mass is 16.3. The Balaban J connectivity index is 1.41. The van der Waals surface area contributed by atoms with Gasteiger partial charge in [-0.25, -0.2) is 0 Å². The molecule has 2 heterocycles. The van der Waals surface area contributed by atoms with E-state index in [0.29, 0.717) is 25.9 Å². The number of benzene rings is 2. The van der Waals surface area contributed by atoms with Crippen LogP contribution in [0.15, 0.2) is 66.7 Å². The summed E-state index contributed by atoms with van der Waals surface area (Å²) in [6.07, 6.45) is 0.606. The molecule has 4 heteroatoms. The van der Waals surface area contributed by atoms with Gasteiger partial charge in [-0.2, -0.15) is 0 Å². The number of amides is 1. The number of pyridine rings is 1. The number of fused-ring (bicyclic) bond motifs is 1. The lowest BCUT2D eigenvalue weighted by atomic mass is 9.81. The van der Waals surface area contributed by atoms with Crippen molar-refractivity contribution in [3.63, 3.8) is 0 Å². The predicted octanol–water partition coefficient (Wildman–Crippen LogP) is 3.96. The number of hydrogen-bond donors (Lipinski definition) is 1. The lowest BCUT2D eigenvalue weighted by molar-refractivity contribution is -0.131. The summed E-state index contributed by atoms with van der Waals surface area (Å²) in [6, 6.07) is 22.3. The molecule has 0 spiro atoms. The Kier molecular flexibility index (Phi) is 5.37. The SMILES string of the molecule is CC(C)(CC(=O)N1C[C@@H](Cc2ccc3ccccc3n2)[C@H](O)C1)c1ccccc1. The van der Waals surface area contributed by atoms with Gasteiger partial charge < -0.3 is 10.0 Å². The molecular weight excluding hydrogens is 360 g/mol. The molecule has 1 saturated heterocycles. The van der Waals surface area contributed by atoms with Crippen molar-refractivity contribution in [2.45, 2.75) is 38.2 Å². The molecule has 2 atom stereocenters. The van der Waals surface area contributed by atoms with Crippen LogP contribution in [-0.4, -0.2) is 40.1 Å². The lowest BCUT2D eigenvalue weighted by Crippen LogP contribution is -2.34. The number of aliphatic hydroxyl groups excluding tert-OH is 1. The van der Waals surface area contributed by atoms with Crippen LogP contribution in [0.3, 0.4) is 0 Å². The second kappa shape index (κ2) is 7.96. The number of aromatic nitrogens is 1. The average Bonchev–Trinajstić information content (AvgIpc) is 3.09. The van der Waals surface area contributed by atoms with Gasteiger partial charge in [0.05, 0.1) is 11.6 Å². The van der Waals surface area contributed by atoms with E-state index in [1.807, 2.05) is 53.4 Å². The Morgan fingerprint density at radius 3 is 2.55 bits per heavy atom. The third kappa shape index (κ3) is 4.33. The number of β-amino-alcohol motifs (C(OH)–C–C–N with tert-alkyl or cyclic N) is 1. The van der Waals surface area contributed by atoms with Crippen molar-refractivity contribution < 1.29 is 9.90 Å². The van der Waals surface area contributed by atoms with Crippen LogP contribution in [0.2, 0.25) is 0 Å². The van der Waals surface area contributed by atoms with E-state index in [9.17, 15) is 9.90 Å².